The summed E-state index contributed by atoms with van der Waals surface area (Å²) < 4.78 is 0. The molecule has 0 atom stereocenters. The van der Waals surface area contributed by atoms with Gasteiger partial charge in [-0.1, -0.05) is 30.3 Å². The van der Waals surface area contributed by atoms with E-state index in [0.29, 0.717) is 5.69 Å². The van der Waals surface area contributed by atoms with Gasteiger partial charge in [0.25, 0.3) is 0 Å². The molecule has 0 aliphatic carbocycles. The highest BCUT2D eigenvalue weighted by atomic mass is 32.1. The molecule has 0 aliphatic heterocycles. The number of thiophene rings is 1. The van der Waals surface area contributed by atoms with Crippen molar-refractivity contribution in [1.82, 2.24) is 15.0 Å². The van der Waals surface area contributed by atoms with Gasteiger partial charge in [-0.05, 0) is 35.2 Å². The number of fused-ring (bicyclic) bond motifs is 2. The number of imidazole rings is 1. The van der Waals surface area contributed by atoms with Gasteiger partial charge >= 0.3 is 0 Å². The molecular weight excluding hydrogens is 328 g/mol. The molecule has 0 saturated heterocycles. The van der Waals surface area contributed by atoms with Gasteiger partial charge in [0.15, 0.2) is 0 Å². The maximum Gasteiger partial charge on any atom is 0.142 e. The van der Waals surface area contributed by atoms with Crippen LogP contribution >= 0.6 is 11.3 Å². The number of anilines is 1. The lowest BCUT2D eigenvalue weighted by atomic mass is 10.1. The zero-order chi connectivity index (χ0) is 16.8. The van der Waals surface area contributed by atoms with Crippen LogP contribution in [-0.4, -0.2) is 15.0 Å². The number of rotatable bonds is 2. The van der Waals surface area contributed by atoms with Gasteiger partial charge in [-0.25, -0.2) is 4.98 Å². The summed E-state index contributed by atoms with van der Waals surface area (Å²) in [6, 6.07) is 18.3. The second-order valence-electron chi connectivity index (χ2n) is 5.90. The van der Waals surface area contributed by atoms with Crippen molar-refractivity contribution in [2.45, 2.75) is 0 Å². The molecule has 5 rings (SSSR count). The van der Waals surface area contributed by atoms with Crippen LogP contribution in [0.5, 0.6) is 0 Å². The summed E-state index contributed by atoms with van der Waals surface area (Å²) in [5, 5.41) is 3.02. The number of para-hydroxylation sites is 2. The maximum atomic E-state index is 6.44. The van der Waals surface area contributed by atoms with E-state index in [-0.39, 0.29) is 0 Å². The van der Waals surface area contributed by atoms with Gasteiger partial charge in [0.2, 0.25) is 0 Å². The van der Waals surface area contributed by atoms with Crippen LogP contribution in [0.1, 0.15) is 0 Å². The van der Waals surface area contributed by atoms with Crippen molar-refractivity contribution in [3.8, 4) is 21.8 Å². The smallest absolute Gasteiger partial charge is 0.142 e. The Balaban J connectivity index is 1.67. The molecule has 3 aromatic heterocycles. The van der Waals surface area contributed by atoms with E-state index in [9.17, 15) is 0 Å². The molecule has 0 unspecified atom stereocenters. The number of pyridine rings is 1. The second-order valence-corrected chi connectivity index (χ2v) is 6.85. The van der Waals surface area contributed by atoms with Crippen LogP contribution in [0.25, 0.3) is 43.8 Å². The van der Waals surface area contributed by atoms with Crippen molar-refractivity contribution < 1.29 is 0 Å². The van der Waals surface area contributed by atoms with E-state index in [0.717, 1.165) is 38.9 Å². The van der Waals surface area contributed by atoms with Crippen molar-refractivity contribution in [2.24, 2.45) is 0 Å². The van der Waals surface area contributed by atoms with Crippen LogP contribution in [0.2, 0.25) is 0 Å². The summed E-state index contributed by atoms with van der Waals surface area (Å²) in [5.41, 5.74) is 11.9. The minimum atomic E-state index is 0.696. The highest BCUT2D eigenvalue weighted by Crippen LogP contribution is 2.33. The summed E-state index contributed by atoms with van der Waals surface area (Å²) in [7, 11) is 0. The Morgan fingerprint density at radius 1 is 0.960 bits per heavy atom. The Bertz CT molecular complexity index is 1170. The molecule has 0 saturated carbocycles. The Morgan fingerprint density at radius 3 is 2.72 bits per heavy atom. The van der Waals surface area contributed by atoms with E-state index in [2.05, 4.69) is 44.6 Å². The number of H-pyrrole nitrogens is 1. The number of nitrogen functional groups attached to an aromatic ring is 1. The SMILES string of the molecule is Nc1c(-c2nc3ccccc3[nH]2)cnc2cc(-c3cccs3)ccc12. The monoisotopic (exact) mass is 342 g/mol. The number of aromatic amines is 1. The van der Waals surface area contributed by atoms with E-state index in [1.54, 1.807) is 17.5 Å². The first kappa shape index (κ1) is 14.2. The molecule has 0 bridgehead atoms. The van der Waals surface area contributed by atoms with Crippen LogP contribution in [0.15, 0.2) is 66.2 Å². The minimum Gasteiger partial charge on any atom is -0.398 e. The third kappa shape index (κ3) is 2.28. The third-order valence-electron chi connectivity index (χ3n) is 4.36. The van der Waals surface area contributed by atoms with Gasteiger partial charge in [0, 0.05) is 16.5 Å². The van der Waals surface area contributed by atoms with Crippen molar-refractivity contribution in [2.75, 3.05) is 5.73 Å². The fraction of sp³-hybridized carbons (Fsp3) is 0. The Morgan fingerprint density at radius 2 is 1.88 bits per heavy atom. The predicted molar refractivity (Wildman–Crippen MR) is 105 cm³/mol. The van der Waals surface area contributed by atoms with E-state index in [1.807, 2.05) is 30.3 Å². The number of nitrogens with one attached hydrogen (secondary N) is 1. The molecule has 4 nitrogen and oxygen atoms in total. The lowest BCUT2D eigenvalue weighted by molar-refractivity contribution is 1.31. The molecule has 5 heteroatoms. The molecule has 120 valence electrons. The average molecular weight is 342 g/mol. The second kappa shape index (κ2) is 5.43. The number of benzene rings is 2. The lowest BCUT2D eigenvalue weighted by Gasteiger charge is -2.08. The van der Waals surface area contributed by atoms with Gasteiger partial charge < -0.3 is 10.7 Å². The number of hydrogen-bond acceptors (Lipinski definition) is 4. The summed E-state index contributed by atoms with van der Waals surface area (Å²) >= 11 is 1.72. The Hall–Kier alpha value is -3.18. The van der Waals surface area contributed by atoms with Gasteiger partial charge in [-0.2, -0.15) is 0 Å². The van der Waals surface area contributed by atoms with Crippen molar-refractivity contribution in [1.29, 1.82) is 0 Å². The van der Waals surface area contributed by atoms with Crippen LogP contribution in [0.3, 0.4) is 0 Å². The highest BCUT2D eigenvalue weighted by molar-refractivity contribution is 7.13. The summed E-state index contributed by atoms with van der Waals surface area (Å²) in [4.78, 5) is 13.8. The van der Waals surface area contributed by atoms with E-state index < -0.39 is 0 Å². The van der Waals surface area contributed by atoms with Crippen molar-refractivity contribution >= 4 is 39.0 Å². The topological polar surface area (TPSA) is 67.6 Å². The largest absolute Gasteiger partial charge is 0.398 e. The zero-order valence-electron chi connectivity index (χ0n) is 13.2. The quantitative estimate of drug-likeness (QED) is 0.469. The maximum absolute atomic E-state index is 6.44. The molecule has 0 amide bonds. The summed E-state index contributed by atoms with van der Waals surface area (Å²) in [5.74, 6) is 0.746. The minimum absolute atomic E-state index is 0.696. The fourth-order valence-corrected chi connectivity index (χ4v) is 3.80. The fourth-order valence-electron chi connectivity index (χ4n) is 3.08. The third-order valence-corrected chi connectivity index (χ3v) is 5.28. The van der Waals surface area contributed by atoms with E-state index >= 15 is 0 Å². The molecular formula is C20H14N4S. The first-order chi connectivity index (χ1) is 12.3. The summed E-state index contributed by atoms with van der Waals surface area (Å²) in [6.45, 7) is 0. The number of nitrogens with two attached hydrogens (primary N) is 1. The predicted octanol–water partition coefficient (Wildman–Crippen LogP) is 5.09. The van der Waals surface area contributed by atoms with Gasteiger partial charge in [0.05, 0.1) is 27.8 Å². The first-order valence-electron chi connectivity index (χ1n) is 7.97. The van der Waals surface area contributed by atoms with Crippen LogP contribution in [0.4, 0.5) is 5.69 Å². The summed E-state index contributed by atoms with van der Waals surface area (Å²) in [6.07, 6.45) is 1.80. The molecule has 3 N–H and O–H groups in total. The molecule has 25 heavy (non-hydrogen) atoms. The Kier molecular flexibility index (Phi) is 3.08. The molecule has 0 aliphatic rings. The van der Waals surface area contributed by atoms with Crippen LogP contribution in [0, 0.1) is 0 Å². The molecule has 5 aromatic rings. The van der Waals surface area contributed by atoms with Crippen molar-refractivity contribution in [3.05, 3.63) is 66.2 Å². The Labute approximate surface area is 148 Å². The van der Waals surface area contributed by atoms with Crippen LogP contribution in [-0.2, 0) is 0 Å². The molecule has 0 radical (unpaired) electrons. The average Bonchev–Trinajstić information content (AvgIpc) is 3.31. The molecule has 2 aromatic carbocycles. The lowest BCUT2D eigenvalue weighted by Crippen LogP contribution is -1.95. The van der Waals surface area contributed by atoms with Crippen LogP contribution < -0.4 is 5.73 Å². The molecule has 0 spiro atoms. The zero-order valence-corrected chi connectivity index (χ0v) is 14.0. The molecule has 3 heterocycles. The van der Waals surface area contributed by atoms with E-state index in [1.165, 1.54) is 4.88 Å². The van der Waals surface area contributed by atoms with Crippen molar-refractivity contribution in [3.63, 3.8) is 0 Å². The van der Waals surface area contributed by atoms with Gasteiger partial charge in [0.1, 0.15) is 5.82 Å². The van der Waals surface area contributed by atoms with Gasteiger partial charge in [-0.15, -0.1) is 11.3 Å². The first-order valence-corrected chi connectivity index (χ1v) is 8.85. The normalized spacial score (nSPS) is 11.4. The number of aromatic nitrogens is 3. The number of hydrogen-bond donors (Lipinski definition) is 2. The standard InChI is InChI=1S/C20H14N4S/c21-19-13-8-7-12(18-6-3-9-25-18)10-17(13)22-11-14(19)20-23-15-4-1-2-5-16(15)24-20/h1-11H,(H2,21,22)(H,23,24). The van der Waals surface area contributed by atoms with E-state index in [4.69, 9.17) is 5.73 Å². The highest BCUT2D eigenvalue weighted by Gasteiger charge is 2.12. The number of nitrogens with zero attached hydrogens (tertiary/aromatic N) is 2. The molecule has 0 fully saturated rings. The van der Waals surface area contributed by atoms with Gasteiger partial charge in [-0.3, -0.25) is 4.98 Å².